The number of methoxy groups -OCH3 is 1. The van der Waals surface area contributed by atoms with Crippen LogP contribution in [0.3, 0.4) is 0 Å². The number of ether oxygens (including phenoxy) is 4. The molecular weight excluding hydrogens is 452 g/mol. The Morgan fingerprint density at radius 3 is 2.31 bits per heavy atom. The van der Waals surface area contributed by atoms with E-state index in [9.17, 15) is 20.1 Å². The molecule has 0 aromatic rings. The molecule has 2 heterocycles. The highest BCUT2D eigenvalue weighted by molar-refractivity contribution is 5.70. The van der Waals surface area contributed by atoms with Crippen LogP contribution >= 0.6 is 0 Å². The van der Waals surface area contributed by atoms with E-state index in [2.05, 4.69) is 31.2 Å². The van der Waals surface area contributed by atoms with Crippen molar-refractivity contribution in [3.8, 4) is 0 Å². The lowest BCUT2D eigenvalue weighted by molar-refractivity contribution is -0.432. The van der Waals surface area contributed by atoms with Gasteiger partial charge in [-0.25, -0.2) is 0 Å². The third-order valence-electron chi connectivity index (χ3n) is 6.81. The van der Waals surface area contributed by atoms with E-state index in [4.69, 9.17) is 18.9 Å². The fourth-order valence-corrected chi connectivity index (χ4v) is 4.76. The molecule has 0 amide bonds. The smallest absolute Gasteiger partial charge is 0.308 e. The van der Waals surface area contributed by atoms with E-state index < -0.39 is 42.5 Å². The van der Waals surface area contributed by atoms with Crippen LogP contribution in [0.4, 0.5) is 0 Å². The van der Waals surface area contributed by atoms with Crippen LogP contribution in [0, 0.1) is 0 Å². The summed E-state index contributed by atoms with van der Waals surface area (Å²) in [7, 11) is 1.30. The third-order valence-corrected chi connectivity index (χ3v) is 6.81. The highest BCUT2D eigenvalue weighted by Crippen LogP contribution is 2.48. The van der Waals surface area contributed by atoms with Crippen molar-refractivity contribution >= 4 is 5.97 Å². The first-order chi connectivity index (χ1) is 17.0. The molecule has 0 aliphatic carbocycles. The molecule has 0 spiro atoms. The van der Waals surface area contributed by atoms with Gasteiger partial charge < -0.3 is 34.3 Å². The Morgan fingerprint density at radius 1 is 1.00 bits per heavy atom. The van der Waals surface area contributed by atoms with Gasteiger partial charge in [-0.3, -0.25) is 4.79 Å². The normalized spacial score (nSPS) is 30.8. The topological polar surface area (TPSA) is 115 Å². The minimum absolute atomic E-state index is 0.118. The molecule has 2 aliphatic heterocycles. The van der Waals surface area contributed by atoms with E-state index in [0.717, 1.165) is 38.5 Å². The quantitative estimate of drug-likeness (QED) is 0.157. The Kier molecular flexibility index (Phi) is 13.5. The molecule has 8 heteroatoms. The monoisotopic (exact) mass is 498 g/mol. The van der Waals surface area contributed by atoms with Gasteiger partial charge in [-0.15, -0.1) is 0 Å². The van der Waals surface area contributed by atoms with Crippen molar-refractivity contribution in [1.29, 1.82) is 0 Å². The highest BCUT2D eigenvalue weighted by Gasteiger charge is 2.71. The van der Waals surface area contributed by atoms with E-state index >= 15 is 0 Å². The summed E-state index contributed by atoms with van der Waals surface area (Å²) in [5.74, 6) is -4.02. The molecule has 0 radical (unpaired) electrons. The standard InChI is InChI=1S/C27H46O8/c1-3-4-5-6-7-8-9-10-11-12-13-14-15-16-17-18-23(29)35-26-19-20-33-27(26,32-2)25(31)24(30)22(21-28)34-26/h7-8,10-11,22,24-25,28,30-31H,3-6,9,12-21H2,1-2H3/b8-7-,11-10-/t22-,24-,25+,26?,27+/m1/s1. The molecule has 2 saturated heterocycles. The van der Waals surface area contributed by atoms with Crippen molar-refractivity contribution in [2.24, 2.45) is 0 Å². The molecule has 2 aliphatic rings. The fourth-order valence-electron chi connectivity index (χ4n) is 4.76. The molecule has 2 rings (SSSR count). The minimum atomic E-state index is -1.83. The first kappa shape index (κ1) is 29.9. The first-order valence-electron chi connectivity index (χ1n) is 13.3. The summed E-state index contributed by atoms with van der Waals surface area (Å²) in [4.78, 5) is 12.6. The number of rotatable bonds is 17. The Labute approximate surface area is 210 Å². The third kappa shape index (κ3) is 8.10. The summed E-state index contributed by atoms with van der Waals surface area (Å²) >= 11 is 0. The lowest BCUT2D eigenvalue weighted by Crippen LogP contribution is -2.73. The van der Waals surface area contributed by atoms with E-state index in [-0.39, 0.29) is 19.4 Å². The molecule has 8 nitrogen and oxygen atoms in total. The molecule has 202 valence electrons. The van der Waals surface area contributed by atoms with Crippen molar-refractivity contribution in [3.63, 3.8) is 0 Å². The van der Waals surface area contributed by atoms with Crippen molar-refractivity contribution in [2.75, 3.05) is 20.3 Å². The largest absolute Gasteiger partial charge is 0.427 e. The number of esters is 1. The predicted molar refractivity (Wildman–Crippen MR) is 132 cm³/mol. The van der Waals surface area contributed by atoms with Crippen molar-refractivity contribution in [2.45, 2.75) is 120 Å². The second kappa shape index (κ2) is 15.7. The van der Waals surface area contributed by atoms with E-state index in [1.165, 1.54) is 32.8 Å². The number of carbonyl (C=O) groups is 1. The molecule has 0 bridgehead atoms. The number of carbonyl (C=O) groups excluding carboxylic acids is 1. The van der Waals surface area contributed by atoms with Gasteiger partial charge in [-0.1, -0.05) is 63.3 Å². The zero-order chi connectivity index (χ0) is 25.6. The van der Waals surface area contributed by atoms with Gasteiger partial charge in [0, 0.05) is 20.0 Å². The van der Waals surface area contributed by atoms with E-state index in [1.54, 1.807) is 0 Å². The zero-order valence-corrected chi connectivity index (χ0v) is 21.5. The average molecular weight is 499 g/mol. The molecule has 35 heavy (non-hydrogen) atoms. The van der Waals surface area contributed by atoms with E-state index in [0.29, 0.717) is 6.42 Å². The summed E-state index contributed by atoms with van der Waals surface area (Å²) < 4.78 is 22.4. The second-order valence-electron chi connectivity index (χ2n) is 9.45. The van der Waals surface area contributed by atoms with Crippen molar-refractivity contribution in [1.82, 2.24) is 0 Å². The van der Waals surface area contributed by atoms with Crippen molar-refractivity contribution in [3.05, 3.63) is 24.3 Å². The maximum atomic E-state index is 12.6. The van der Waals surface area contributed by atoms with Crippen LogP contribution in [-0.2, 0) is 23.7 Å². The van der Waals surface area contributed by atoms with Gasteiger partial charge in [0.05, 0.1) is 13.2 Å². The maximum absolute atomic E-state index is 12.6. The number of hydrogen-bond acceptors (Lipinski definition) is 8. The van der Waals surface area contributed by atoms with Crippen LogP contribution in [0.25, 0.3) is 0 Å². The molecule has 5 atom stereocenters. The fraction of sp³-hybridized carbons (Fsp3) is 0.815. The maximum Gasteiger partial charge on any atom is 0.308 e. The van der Waals surface area contributed by atoms with Gasteiger partial charge in [0.1, 0.15) is 18.3 Å². The number of fused-ring (bicyclic) bond motifs is 1. The Balaban J connectivity index is 1.63. The summed E-state index contributed by atoms with van der Waals surface area (Å²) in [6, 6.07) is 0. The molecule has 0 aromatic carbocycles. The van der Waals surface area contributed by atoms with Gasteiger partial charge in [0.25, 0.3) is 11.6 Å². The Bertz CT molecular complexity index is 666. The van der Waals surface area contributed by atoms with Crippen LogP contribution in [0.15, 0.2) is 24.3 Å². The van der Waals surface area contributed by atoms with Crippen LogP contribution < -0.4 is 0 Å². The average Bonchev–Trinajstić information content (AvgIpc) is 3.22. The molecule has 3 N–H and O–H groups in total. The SMILES string of the molecule is CCCCC/C=C\C/C=C\CCCCCCCC(=O)OC12CCO[C@@]1(OC)[C@@H](O)[C@H](O)[C@@H](CO)O2. The molecule has 2 fully saturated rings. The highest BCUT2D eigenvalue weighted by atomic mass is 16.8. The zero-order valence-electron chi connectivity index (χ0n) is 21.5. The Morgan fingerprint density at radius 2 is 1.66 bits per heavy atom. The van der Waals surface area contributed by atoms with Gasteiger partial charge >= 0.3 is 5.97 Å². The summed E-state index contributed by atoms with van der Waals surface area (Å²) in [6.07, 6.45) is 17.2. The second-order valence-corrected chi connectivity index (χ2v) is 9.45. The number of unbranched alkanes of at least 4 members (excludes halogenated alkanes) is 8. The Hall–Kier alpha value is -1.29. The molecular formula is C27H46O8. The first-order valence-corrected chi connectivity index (χ1v) is 13.3. The number of aliphatic hydroxyl groups is 3. The lowest BCUT2D eigenvalue weighted by Gasteiger charge is -2.51. The number of allylic oxidation sites excluding steroid dienone is 4. The van der Waals surface area contributed by atoms with Gasteiger partial charge in [-0.2, -0.15) is 0 Å². The summed E-state index contributed by atoms with van der Waals surface area (Å²) in [5.41, 5.74) is 0. The molecule has 1 unspecified atom stereocenters. The van der Waals surface area contributed by atoms with Gasteiger partial charge in [0.15, 0.2) is 0 Å². The van der Waals surface area contributed by atoms with Crippen LogP contribution in [0.2, 0.25) is 0 Å². The predicted octanol–water partition coefficient (Wildman–Crippen LogP) is 3.92. The molecule has 0 saturated carbocycles. The van der Waals surface area contributed by atoms with E-state index in [1.807, 2.05) is 0 Å². The molecule has 0 aromatic heterocycles. The van der Waals surface area contributed by atoms with Gasteiger partial charge in [0.2, 0.25) is 0 Å². The van der Waals surface area contributed by atoms with Crippen molar-refractivity contribution < 1.29 is 39.1 Å². The summed E-state index contributed by atoms with van der Waals surface area (Å²) in [5, 5.41) is 30.4. The van der Waals surface area contributed by atoms with Crippen LogP contribution in [0.5, 0.6) is 0 Å². The summed E-state index contributed by atoms with van der Waals surface area (Å²) in [6.45, 7) is 1.80. The lowest BCUT2D eigenvalue weighted by atomic mass is 9.88. The number of hydrogen-bond donors (Lipinski definition) is 3. The van der Waals surface area contributed by atoms with Crippen LogP contribution in [0.1, 0.15) is 90.4 Å². The van der Waals surface area contributed by atoms with Crippen LogP contribution in [-0.4, -0.2) is 71.5 Å². The number of aliphatic hydroxyl groups excluding tert-OH is 3. The minimum Gasteiger partial charge on any atom is -0.427 e. The van der Waals surface area contributed by atoms with Gasteiger partial charge in [-0.05, 0) is 38.5 Å².